The van der Waals surface area contributed by atoms with Gasteiger partial charge in [0.25, 0.3) is 11.8 Å². The van der Waals surface area contributed by atoms with Crippen molar-refractivity contribution in [1.82, 2.24) is 4.98 Å². The number of fused-ring (bicyclic) bond motifs is 1. The number of azo groups is 1. The molecule has 2 N–H and O–H groups in total. The van der Waals surface area contributed by atoms with Gasteiger partial charge in [-0.2, -0.15) is 0 Å². The van der Waals surface area contributed by atoms with Crippen molar-refractivity contribution in [3.8, 4) is 5.88 Å². The number of H-pyrrole nitrogens is 1. The van der Waals surface area contributed by atoms with Gasteiger partial charge in [-0.1, -0.05) is 56.3 Å². The van der Waals surface area contributed by atoms with Crippen LogP contribution in [-0.4, -0.2) is 21.9 Å². The molecule has 37 heavy (non-hydrogen) atoms. The molecule has 0 fully saturated rings. The van der Waals surface area contributed by atoms with Crippen molar-refractivity contribution < 1.29 is 14.7 Å². The summed E-state index contributed by atoms with van der Waals surface area (Å²) < 4.78 is 0. The maximum absolute atomic E-state index is 13.1. The summed E-state index contributed by atoms with van der Waals surface area (Å²) in [6.07, 6.45) is 0. The zero-order valence-electron chi connectivity index (χ0n) is 20.4. The number of nitrogens with one attached hydrogen (secondary N) is 1. The quantitative estimate of drug-likeness (QED) is 0.255. The van der Waals surface area contributed by atoms with E-state index in [4.69, 9.17) is 0 Å². The number of anilines is 1. The minimum atomic E-state index is -0.519. The lowest BCUT2D eigenvalue weighted by Gasteiger charge is -2.18. The number of aromatic amines is 1. The fraction of sp³-hybridized carbons (Fsp3) is 0.133. The Labute approximate surface area is 213 Å². The number of amides is 2. The van der Waals surface area contributed by atoms with E-state index < -0.39 is 5.91 Å². The Kier molecular flexibility index (Phi) is 5.34. The first-order valence-corrected chi connectivity index (χ1v) is 12.1. The molecule has 0 aliphatic carbocycles. The van der Waals surface area contributed by atoms with Crippen LogP contribution in [0.3, 0.4) is 0 Å². The van der Waals surface area contributed by atoms with Crippen molar-refractivity contribution in [2.45, 2.75) is 26.3 Å². The number of nitrogens with zero attached hydrogens (tertiary/aromatic N) is 3. The Hall–Kier alpha value is -4.78. The molecular weight excluding hydrogens is 464 g/mol. The third-order valence-corrected chi connectivity index (χ3v) is 6.87. The van der Waals surface area contributed by atoms with E-state index in [1.807, 2.05) is 66.7 Å². The summed E-state index contributed by atoms with van der Waals surface area (Å²) in [5.41, 5.74) is 4.92. The van der Waals surface area contributed by atoms with Crippen molar-refractivity contribution in [3.63, 3.8) is 0 Å². The summed E-state index contributed by atoms with van der Waals surface area (Å²) in [5, 5.41) is 21.0. The molecule has 1 aliphatic rings. The van der Waals surface area contributed by atoms with Gasteiger partial charge in [-0.3, -0.25) is 9.59 Å². The lowest BCUT2D eigenvalue weighted by molar-refractivity contribution is 0.0984. The molecular formula is C30H24N4O3. The SMILES string of the molecule is CC(C)c1ccc2[nH]c(O)c(N=NC(=O)c3ccc(CN4C(=O)c5cccc6cccc4c56)cc3)c2c1. The molecule has 2 amide bonds. The average Bonchev–Trinajstić information content (AvgIpc) is 3.37. The summed E-state index contributed by atoms with van der Waals surface area (Å²) in [4.78, 5) is 30.4. The average molecular weight is 489 g/mol. The van der Waals surface area contributed by atoms with E-state index in [0.717, 1.165) is 33.1 Å². The van der Waals surface area contributed by atoms with Gasteiger partial charge in [-0.25, -0.2) is 0 Å². The number of carbonyl (C=O) groups excluding carboxylic acids is 2. The molecule has 2 heterocycles. The van der Waals surface area contributed by atoms with Crippen molar-refractivity contribution in [3.05, 3.63) is 101 Å². The van der Waals surface area contributed by atoms with Crippen LogP contribution in [0.5, 0.6) is 5.88 Å². The van der Waals surface area contributed by atoms with Crippen molar-refractivity contribution in [2.24, 2.45) is 10.2 Å². The first-order valence-electron chi connectivity index (χ1n) is 12.1. The predicted molar refractivity (Wildman–Crippen MR) is 144 cm³/mol. The molecule has 1 aromatic heterocycles. The molecule has 0 spiro atoms. The van der Waals surface area contributed by atoms with Gasteiger partial charge in [-0.05, 0) is 58.8 Å². The highest BCUT2D eigenvalue weighted by molar-refractivity contribution is 6.24. The lowest BCUT2D eigenvalue weighted by Crippen LogP contribution is -2.26. The van der Waals surface area contributed by atoms with Gasteiger partial charge in [0.15, 0.2) is 5.69 Å². The van der Waals surface area contributed by atoms with Crippen molar-refractivity contribution in [2.75, 3.05) is 4.90 Å². The lowest BCUT2D eigenvalue weighted by atomic mass is 10.0. The van der Waals surface area contributed by atoms with Crippen LogP contribution in [0.2, 0.25) is 0 Å². The Balaban J connectivity index is 1.21. The molecule has 0 atom stereocenters. The Morgan fingerprint density at radius 2 is 1.76 bits per heavy atom. The topological polar surface area (TPSA) is 98.1 Å². The summed E-state index contributed by atoms with van der Waals surface area (Å²) in [7, 11) is 0. The van der Waals surface area contributed by atoms with Crippen LogP contribution in [0.15, 0.2) is 89.1 Å². The molecule has 5 aromatic rings. The maximum atomic E-state index is 13.1. The molecule has 7 heteroatoms. The van der Waals surface area contributed by atoms with E-state index in [0.29, 0.717) is 29.0 Å². The summed E-state index contributed by atoms with van der Waals surface area (Å²) in [5.74, 6) is -0.368. The van der Waals surface area contributed by atoms with E-state index in [2.05, 4.69) is 29.1 Å². The van der Waals surface area contributed by atoms with Crippen LogP contribution >= 0.6 is 0 Å². The second-order valence-corrected chi connectivity index (χ2v) is 9.56. The molecule has 0 saturated heterocycles. The Bertz CT molecular complexity index is 1730. The van der Waals surface area contributed by atoms with Crippen molar-refractivity contribution >= 4 is 44.9 Å². The summed E-state index contributed by atoms with van der Waals surface area (Å²) in [6, 6.07) is 24.5. The largest absolute Gasteiger partial charge is 0.493 e. The smallest absolute Gasteiger partial charge is 0.295 e. The second-order valence-electron chi connectivity index (χ2n) is 9.56. The minimum Gasteiger partial charge on any atom is -0.493 e. The zero-order chi connectivity index (χ0) is 25.7. The first-order chi connectivity index (χ1) is 17.9. The maximum Gasteiger partial charge on any atom is 0.295 e. The van der Waals surface area contributed by atoms with E-state index in [-0.39, 0.29) is 17.5 Å². The number of hydrogen-bond donors (Lipinski definition) is 2. The molecule has 0 saturated carbocycles. The van der Waals surface area contributed by atoms with Crippen LogP contribution in [0.4, 0.5) is 11.4 Å². The van der Waals surface area contributed by atoms with Gasteiger partial charge in [0.1, 0.15) is 0 Å². The number of hydrogen-bond acceptors (Lipinski definition) is 4. The highest BCUT2D eigenvalue weighted by Crippen LogP contribution is 2.39. The minimum absolute atomic E-state index is 0.0279. The molecule has 4 aromatic carbocycles. The second kappa shape index (κ2) is 8.71. The van der Waals surface area contributed by atoms with Crippen LogP contribution in [0.25, 0.3) is 21.7 Å². The zero-order valence-corrected chi connectivity index (χ0v) is 20.4. The highest BCUT2D eigenvalue weighted by atomic mass is 16.3. The standard InChI is InChI=1S/C30H24N4O3/c1-17(2)21-13-14-24-23(15-21)27(29(36)31-24)32-33-28(35)20-11-9-18(10-12-20)16-34-25-8-4-6-19-5-3-7-22(26(19)25)30(34)37/h3-15,17,31,36H,16H2,1-2H3. The first kappa shape index (κ1) is 22.7. The molecule has 0 radical (unpaired) electrons. The number of benzene rings is 4. The summed E-state index contributed by atoms with van der Waals surface area (Å²) >= 11 is 0. The fourth-order valence-electron chi connectivity index (χ4n) is 4.87. The molecule has 1 aliphatic heterocycles. The van der Waals surface area contributed by atoms with E-state index in [1.54, 1.807) is 17.0 Å². The van der Waals surface area contributed by atoms with Gasteiger partial charge in [0, 0.05) is 21.9 Å². The van der Waals surface area contributed by atoms with Gasteiger partial charge >= 0.3 is 0 Å². The van der Waals surface area contributed by atoms with Crippen LogP contribution in [0.1, 0.15) is 51.6 Å². The number of aromatic hydroxyl groups is 1. The van der Waals surface area contributed by atoms with Gasteiger partial charge in [0.2, 0.25) is 5.88 Å². The molecule has 7 nitrogen and oxygen atoms in total. The monoisotopic (exact) mass is 488 g/mol. The van der Waals surface area contributed by atoms with Gasteiger partial charge < -0.3 is 15.0 Å². The van der Waals surface area contributed by atoms with Crippen LogP contribution in [0, 0.1) is 0 Å². The summed E-state index contributed by atoms with van der Waals surface area (Å²) in [6.45, 7) is 4.56. The molecule has 6 rings (SSSR count). The van der Waals surface area contributed by atoms with E-state index >= 15 is 0 Å². The normalized spacial score (nSPS) is 13.1. The third-order valence-electron chi connectivity index (χ3n) is 6.87. The van der Waals surface area contributed by atoms with E-state index in [9.17, 15) is 14.7 Å². The predicted octanol–water partition coefficient (Wildman–Crippen LogP) is 7.23. The fourth-order valence-corrected chi connectivity index (χ4v) is 4.87. The molecule has 0 bridgehead atoms. The Morgan fingerprint density at radius 1 is 1.00 bits per heavy atom. The molecule has 182 valence electrons. The highest BCUT2D eigenvalue weighted by Gasteiger charge is 2.29. The van der Waals surface area contributed by atoms with Crippen LogP contribution in [-0.2, 0) is 6.54 Å². The van der Waals surface area contributed by atoms with Crippen molar-refractivity contribution in [1.29, 1.82) is 0 Å². The number of aromatic nitrogens is 1. The number of carbonyl (C=O) groups is 2. The van der Waals surface area contributed by atoms with Crippen LogP contribution < -0.4 is 4.90 Å². The van der Waals surface area contributed by atoms with Gasteiger partial charge in [-0.15, -0.1) is 10.2 Å². The van der Waals surface area contributed by atoms with E-state index in [1.165, 1.54) is 0 Å². The Morgan fingerprint density at radius 3 is 2.51 bits per heavy atom. The van der Waals surface area contributed by atoms with Gasteiger partial charge in [0.05, 0.1) is 17.7 Å². The molecule has 0 unspecified atom stereocenters. The third kappa shape index (κ3) is 3.85. The number of rotatable bonds is 5.